The molecule has 0 unspecified atom stereocenters. The number of benzene rings is 1. The monoisotopic (exact) mass is 288 g/mol. The number of carbonyl (C=O) groups excluding carboxylic acids is 1. The fraction of sp³-hybridized carbons (Fsp3) is 0.214. The van der Waals surface area contributed by atoms with Crippen LogP contribution in [0.1, 0.15) is 11.6 Å². The number of nitrogens with zero attached hydrogens (tertiary/aromatic N) is 2. The molecule has 7 nitrogen and oxygen atoms in total. The van der Waals surface area contributed by atoms with Gasteiger partial charge in [0.15, 0.2) is 6.04 Å². The average Bonchev–Trinajstić information content (AvgIpc) is 2.98. The molecule has 0 saturated heterocycles. The van der Waals surface area contributed by atoms with E-state index in [4.69, 9.17) is 0 Å². The Morgan fingerprint density at radius 3 is 2.62 bits per heavy atom. The van der Waals surface area contributed by atoms with Gasteiger partial charge in [-0.05, 0) is 11.6 Å². The molecule has 0 bridgehead atoms. The van der Waals surface area contributed by atoms with Crippen LogP contribution in [0.25, 0.3) is 0 Å². The molecule has 0 radical (unpaired) electrons. The molecule has 1 aromatic carbocycles. The Bertz CT molecular complexity index is 584. The summed E-state index contributed by atoms with van der Waals surface area (Å²) in [4.78, 5) is 23.0. The van der Waals surface area contributed by atoms with Crippen LogP contribution in [0, 0.1) is 0 Å². The third kappa shape index (κ3) is 4.34. The van der Waals surface area contributed by atoms with E-state index in [1.54, 1.807) is 53.5 Å². The predicted octanol–water partition coefficient (Wildman–Crippen LogP) is 1.01. The molecule has 21 heavy (non-hydrogen) atoms. The van der Waals surface area contributed by atoms with Gasteiger partial charge in [-0.3, -0.25) is 4.68 Å². The number of urea groups is 1. The van der Waals surface area contributed by atoms with E-state index in [1.165, 1.54) is 0 Å². The number of carbonyl (C=O) groups is 2. The fourth-order valence-electron chi connectivity index (χ4n) is 1.83. The maximum atomic E-state index is 11.7. The number of rotatable bonds is 6. The molecule has 2 rings (SSSR count). The van der Waals surface area contributed by atoms with E-state index in [1.807, 2.05) is 0 Å². The number of hydrogen-bond acceptors (Lipinski definition) is 3. The lowest BCUT2D eigenvalue weighted by molar-refractivity contribution is -0.139. The highest BCUT2D eigenvalue weighted by molar-refractivity contribution is 5.83. The van der Waals surface area contributed by atoms with Gasteiger partial charge in [0.05, 0.1) is 6.54 Å². The largest absolute Gasteiger partial charge is 0.479 e. The molecule has 110 valence electrons. The van der Waals surface area contributed by atoms with E-state index in [0.29, 0.717) is 18.7 Å². The summed E-state index contributed by atoms with van der Waals surface area (Å²) in [7, 11) is 0. The summed E-state index contributed by atoms with van der Waals surface area (Å²) in [5.41, 5.74) is 0.521. The molecule has 1 heterocycles. The van der Waals surface area contributed by atoms with Gasteiger partial charge < -0.3 is 15.7 Å². The van der Waals surface area contributed by atoms with Crippen molar-refractivity contribution in [2.45, 2.75) is 12.6 Å². The van der Waals surface area contributed by atoms with Crippen LogP contribution in [0.2, 0.25) is 0 Å². The van der Waals surface area contributed by atoms with Crippen molar-refractivity contribution >= 4 is 12.0 Å². The first kappa shape index (κ1) is 14.6. The first-order valence-corrected chi connectivity index (χ1v) is 6.46. The number of aromatic nitrogens is 2. The summed E-state index contributed by atoms with van der Waals surface area (Å²) in [6, 6.07) is 8.73. The molecule has 2 aromatic rings. The van der Waals surface area contributed by atoms with Crippen molar-refractivity contribution in [1.82, 2.24) is 20.4 Å². The summed E-state index contributed by atoms with van der Waals surface area (Å²) >= 11 is 0. The lowest BCUT2D eigenvalue weighted by Crippen LogP contribution is -2.41. The second kappa shape index (κ2) is 7.09. The Morgan fingerprint density at radius 1 is 1.24 bits per heavy atom. The maximum Gasteiger partial charge on any atom is 0.330 e. The third-order valence-corrected chi connectivity index (χ3v) is 2.84. The van der Waals surface area contributed by atoms with E-state index in [9.17, 15) is 14.7 Å². The smallest absolute Gasteiger partial charge is 0.330 e. The Morgan fingerprint density at radius 2 is 2.00 bits per heavy atom. The van der Waals surface area contributed by atoms with Gasteiger partial charge in [0.2, 0.25) is 0 Å². The summed E-state index contributed by atoms with van der Waals surface area (Å²) < 4.78 is 1.67. The highest BCUT2D eigenvalue weighted by Crippen LogP contribution is 2.12. The van der Waals surface area contributed by atoms with E-state index in [2.05, 4.69) is 15.7 Å². The normalized spacial score (nSPS) is 11.6. The highest BCUT2D eigenvalue weighted by Gasteiger charge is 2.21. The lowest BCUT2D eigenvalue weighted by atomic mass is 10.1. The molecule has 0 aliphatic heterocycles. The van der Waals surface area contributed by atoms with Crippen LogP contribution in [0.5, 0.6) is 0 Å². The Kier molecular flexibility index (Phi) is 4.92. The standard InChI is InChI=1S/C14H16N4O3/c19-13(20)12(11-5-2-1-3-6-11)17-14(21)15-8-10-18-9-4-7-16-18/h1-7,9,12H,8,10H2,(H,19,20)(H2,15,17,21)/t12-/m0/s1. The Hall–Kier alpha value is -2.83. The zero-order chi connectivity index (χ0) is 15.1. The van der Waals surface area contributed by atoms with Crippen LogP contribution < -0.4 is 10.6 Å². The first-order chi connectivity index (χ1) is 10.2. The van der Waals surface area contributed by atoms with E-state index in [-0.39, 0.29) is 0 Å². The molecule has 0 aliphatic rings. The van der Waals surface area contributed by atoms with Crippen LogP contribution in [-0.4, -0.2) is 33.4 Å². The first-order valence-electron chi connectivity index (χ1n) is 6.46. The highest BCUT2D eigenvalue weighted by atomic mass is 16.4. The number of carboxylic acid groups (broad SMARTS) is 1. The molecular formula is C14H16N4O3. The van der Waals surface area contributed by atoms with Gasteiger partial charge in [-0.2, -0.15) is 5.10 Å². The third-order valence-electron chi connectivity index (χ3n) is 2.84. The lowest BCUT2D eigenvalue weighted by Gasteiger charge is -2.15. The van der Waals surface area contributed by atoms with Crippen molar-refractivity contribution in [3.63, 3.8) is 0 Å². The molecule has 1 atom stereocenters. The fourth-order valence-corrected chi connectivity index (χ4v) is 1.83. The minimum Gasteiger partial charge on any atom is -0.479 e. The summed E-state index contributed by atoms with van der Waals surface area (Å²) in [5.74, 6) is -1.11. The van der Waals surface area contributed by atoms with Crippen molar-refractivity contribution in [3.8, 4) is 0 Å². The molecule has 2 amide bonds. The van der Waals surface area contributed by atoms with Crippen molar-refractivity contribution in [2.24, 2.45) is 0 Å². The van der Waals surface area contributed by atoms with Crippen molar-refractivity contribution in [1.29, 1.82) is 0 Å². The molecule has 0 aliphatic carbocycles. The zero-order valence-electron chi connectivity index (χ0n) is 11.3. The molecule has 0 spiro atoms. The second-order valence-corrected chi connectivity index (χ2v) is 4.35. The number of amides is 2. The predicted molar refractivity (Wildman–Crippen MR) is 75.6 cm³/mol. The summed E-state index contributed by atoms with van der Waals surface area (Å²) in [5, 5.41) is 18.2. The second-order valence-electron chi connectivity index (χ2n) is 4.35. The van der Waals surface area contributed by atoms with Gasteiger partial charge in [-0.25, -0.2) is 9.59 Å². The van der Waals surface area contributed by atoms with Gasteiger partial charge in [-0.1, -0.05) is 30.3 Å². The molecule has 0 fully saturated rings. The molecule has 1 aromatic heterocycles. The minimum absolute atomic E-state index is 0.356. The van der Waals surface area contributed by atoms with Crippen LogP contribution >= 0.6 is 0 Å². The van der Waals surface area contributed by atoms with E-state index < -0.39 is 18.0 Å². The van der Waals surface area contributed by atoms with Gasteiger partial charge in [-0.15, -0.1) is 0 Å². The van der Waals surface area contributed by atoms with Gasteiger partial charge in [0.25, 0.3) is 0 Å². The van der Waals surface area contributed by atoms with Crippen LogP contribution in [-0.2, 0) is 11.3 Å². The summed E-state index contributed by atoms with van der Waals surface area (Å²) in [6.45, 7) is 0.873. The molecule has 7 heteroatoms. The molecule has 0 saturated carbocycles. The van der Waals surface area contributed by atoms with Gasteiger partial charge in [0, 0.05) is 18.9 Å². The van der Waals surface area contributed by atoms with Crippen LogP contribution in [0.3, 0.4) is 0 Å². The SMILES string of the molecule is O=C(NCCn1cccn1)N[C@H](C(=O)O)c1ccccc1. The zero-order valence-corrected chi connectivity index (χ0v) is 11.3. The van der Waals surface area contributed by atoms with E-state index >= 15 is 0 Å². The Balaban J connectivity index is 1.85. The number of carboxylic acids is 1. The topological polar surface area (TPSA) is 96.3 Å². The number of aliphatic carboxylic acids is 1. The molecular weight excluding hydrogens is 272 g/mol. The number of hydrogen-bond donors (Lipinski definition) is 3. The maximum absolute atomic E-state index is 11.7. The number of nitrogens with one attached hydrogen (secondary N) is 2. The molecule has 3 N–H and O–H groups in total. The average molecular weight is 288 g/mol. The minimum atomic E-state index is -1.11. The van der Waals surface area contributed by atoms with Gasteiger partial charge >= 0.3 is 12.0 Å². The summed E-state index contributed by atoms with van der Waals surface area (Å²) in [6.07, 6.45) is 3.43. The van der Waals surface area contributed by atoms with Crippen molar-refractivity contribution in [3.05, 3.63) is 54.4 Å². The van der Waals surface area contributed by atoms with Crippen molar-refractivity contribution < 1.29 is 14.7 Å². The van der Waals surface area contributed by atoms with Crippen LogP contribution in [0.15, 0.2) is 48.8 Å². The van der Waals surface area contributed by atoms with Crippen molar-refractivity contribution in [2.75, 3.05) is 6.54 Å². The van der Waals surface area contributed by atoms with E-state index in [0.717, 1.165) is 0 Å². The van der Waals surface area contributed by atoms with Crippen LogP contribution in [0.4, 0.5) is 4.79 Å². The van der Waals surface area contributed by atoms with Gasteiger partial charge in [0.1, 0.15) is 0 Å². The Labute approximate surface area is 121 Å². The quantitative estimate of drug-likeness (QED) is 0.739.